The zero-order chi connectivity index (χ0) is 18.6. The van der Waals surface area contributed by atoms with E-state index in [0.717, 1.165) is 17.4 Å². The summed E-state index contributed by atoms with van der Waals surface area (Å²) in [6, 6.07) is 4.29. The molecule has 0 bridgehead atoms. The smallest absolute Gasteiger partial charge is 0.252 e. The van der Waals surface area contributed by atoms with E-state index < -0.39 is 10.0 Å². The van der Waals surface area contributed by atoms with Gasteiger partial charge >= 0.3 is 0 Å². The number of amides is 1. The van der Waals surface area contributed by atoms with Crippen LogP contribution in [0.15, 0.2) is 23.1 Å². The van der Waals surface area contributed by atoms with Crippen LogP contribution in [0.4, 0.5) is 0 Å². The molecule has 0 aromatic heterocycles. The molecule has 0 saturated carbocycles. The van der Waals surface area contributed by atoms with Crippen molar-refractivity contribution in [1.29, 1.82) is 0 Å². The predicted octanol–water partition coefficient (Wildman–Crippen LogP) is 1.04. The van der Waals surface area contributed by atoms with Gasteiger partial charge in [0.25, 0.3) is 5.91 Å². The summed E-state index contributed by atoms with van der Waals surface area (Å²) in [5.74, 6) is -0.388. The molecule has 1 aliphatic rings. The number of hydrogen-bond acceptors (Lipinski definition) is 5. The summed E-state index contributed by atoms with van der Waals surface area (Å²) in [6.07, 6.45) is 0. The van der Waals surface area contributed by atoms with Crippen LogP contribution >= 0.6 is 11.6 Å². The molecular formula is C16H24ClN3O4S. The molecule has 140 valence electrons. The molecule has 1 aliphatic heterocycles. The Morgan fingerprint density at radius 1 is 1.36 bits per heavy atom. The number of nitrogens with one attached hydrogen (secondary N) is 1. The van der Waals surface area contributed by atoms with Crippen molar-refractivity contribution in [2.75, 3.05) is 46.9 Å². The zero-order valence-electron chi connectivity index (χ0n) is 14.7. The summed E-state index contributed by atoms with van der Waals surface area (Å²) in [5, 5.41) is 3.05. The molecule has 1 fully saturated rings. The van der Waals surface area contributed by atoms with Gasteiger partial charge in [-0.2, -0.15) is 0 Å². The number of halogens is 1. The van der Waals surface area contributed by atoms with Crippen LogP contribution in [0, 0.1) is 0 Å². The Morgan fingerprint density at radius 3 is 2.60 bits per heavy atom. The number of hydrogen-bond donors (Lipinski definition) is 1. The monoisotopic (exact) mass is 389 g/mol. The van der Waals surface area contributed by atoms with E-state index in [1.807, 2.05) is 6.92 Å². The maximum atomic E-state index is 12.5. The van der Waals surface area contributed by atoms with Crippen molar-refractivity contribution in [3.8, 4) is 0 Å². The zero-order valence-corrected chi connectivity index (χ0v) is 16.2. The second-order valence-corrected chi connectivity index (χ2v) is 8.70. The predicted molar refractivity (Wildman–Crippen MR) is 96.5 cm³/mol. The molecule has 1 heterocycles. The topological polar surface area (TPSA) is 79.0 Å². The van der Waals surface area contributed by atoms with Crippen LogP contribution < -0.4 is 5.32 Å². The largest absolute Gasteiger partial charge is 0.379 e. The molecule has 1 saturated heterocycles. The minimum absolute atomic E-state index is 0.0354. The molecule has 0 radical (unpaired) electrons. The van der Waals surface area contributed by atoms with Gasteiger partial charge in [-0.3, -0.25) is 9.69 Å². The van der Waals surface area contributed by atoms with Gasteiger partial charge in [0.2, 0.25) is 10.0 Å². The third-order valence-electron chi connectivity index (χ3n) is 4.19. The first kappa shape index (κ1) is 20.1. The minimum Gasteiger partial charge on any atom is -0.379 e. The lowest BCUT2D eigenvalue weighted by molar-refractivity contribution is 0.0204. The summed E-state index contributed by atoms with van der Waals surface area (Å²) >= 11 is 6.09. The summed E-state index contributed by atoms with van der Waals surface area (Å²) in [7, 11) is -0.749. The van der Waals surface area contributed by atoms with E-state index in [1.165, 1.54) is 32.3 Å². The van der Waals surface area contributed by atoms with E-state index >= 15 is 0 Å². The Kier molecular flexibility index (Phi) is 6.81. The van der Waals surface area contributed by atoms with Crippen molar-refractivity contribution in [1.82, 2.24) is 14.5 Å². The maximum absolute atomic E-state index is 12.5. The van der Waals surface area contributed by atoms with Crippen LogP contribution in [0.3, 0.4) is 0 Å². The van der Waals surface area contributed by atoms with Crippen LogP contribution in [0.25, 0.3) is 0 Å². The van der Waals surface area contributed by atoms with E-state index in [9.17, 15) is 13.2 Å². The lowest BCUT2D eigenvalue weighted by Crippen LogP contribution is -2.47. The van der Waals surface area contributed by atoms with Crippen molar-refractivity contribution in [2.24, 2.45) is 0 Å². The highest BCUT2D eigenvalue weighted by atomic mass is 35.5. The molecule has 9 heteroatoms. The summed E-state index contributed by atoms with van der Waals surface area (Å²) in [5.41, 5.74) is 0.152. The van der Waals surface area contributed by atoms with Gasteiger partial charge in [-0.15, -0.1) is 0 Å². The van der Waals surface area contributed by atoms with Crippen molar-refractivity contribution < 1.29 is 17.9 Å². The van der Waals surface area contributed by atoms with Gasteiger partial charge in [-0.05, 0) is 25.1 Å². The number of ether oxygens (including phenoxy) is 1. The number of sulfonamides is 1. The number of carbonyl (C=O) groups is 1. The third kappa shape index (κ3) is 4.92. The molecule has 1 atom stereocenters. The first-order chi connectivity index (χ1) is 11.7. The van der Waals surface area contributed by atoms with E-state index in [-0.39, 0.29) is 27.4 Å². The molecule has 25 heavy (non-hydrogen) atoms. The Labute approximate surface area is 153 Å². The highest BCUT2D eigenvalue weighted by Gasteiger charge is 2.22. The van der Waals surface area contributed by atoms with E-state index in [2.05, 4.69) is 10.2 Å². The molecule has 1 unspecified atom stereocenters. The fourth-order valence-electron chi connectivity index (χ4n) is 2.53. The first-order valence-electron chi connectivity index (χ1n) is 8.05. The standard InChI is InChI=1S/C16H24ClN3O4S/c1-12(20-6-8-24-9-7-20)11-18-16(21)14-10-13(4-5-15(14)17)25(22,23)19(2)3/h4-5,10,12H,6-9,11H2,1-3H3,(H,18,21). The van der Waals surface area contributed by atoms with E-state index in [0.29, 0.717) is 19.8 Å². The molecule has 2 rings (SSSR count). The average Bonchev–Trinajstić information content (AvgIpc) is 2.60. The third-order valence-corrected chi connectivity index (χ3v) is 6.33. The Balaban J connectivity index is 2.08. The fraction of sp³-hybridized carbons (Fsp3) is 0.562. The van der Waals surface area contributed by atoms with Crippen LogP contribution in [-0.2, 0) is 14.8 Å². The van der Waals surface area contributed by atoms with Crippen LogP contribution in [-0.4, -0.2) is 76.5 Å². The number of rotatable bonds is 6. The van der Waals surface area contributed by atoms with Crippen molar-refractivity contribution in [3.63, 3.8) is 0 Å². The minimum atomic E-state index is -3.63. The molecule has 1 N–H and O–H groups in total. The van der Waals surface area contributed by atoms with Gasteiger partial charge in [0, 0.05) is 39.8 Å². The molecule has 1 amide bonds. The molecule has 0 spiro atoms. The van der Waals surface area contributed by atoms with Gasteiger partial charge in [0.05, 0.1) is 28.7 Å². The summed E-state index contributed by atoms with van der Waals surface area (Å²) in [4.78, 5) is 14.7. The van der Waals surface area contributed by atoms with Gasteiger partial charge < -0.3 is 10.1 Å². The fourth-order valence-corrected chi connectivity index (χ4v) is 3.66. The summed E-state index contributed by atoms with van der Waals surface area (Å²) < 4.78 is 30.9. The average molecular weight is 390 g/mol. The molecule has 1 aromatic carbocycles. The Morgan fingerprint density at radius 2 is 2.00 bits per heavy atom. The highest BCUT2D eigenvalue weighted by molar-refractivity contribution is 7.89. The van der Waals surface area contributed by atoms with Crippen LogP contribution in [0.1, 0.15) is 17.3 Å². The lowest BCUT2D eigenvalue weighted by Gasteiger charge is -2.32. The number of benzene rings is 1. The molecule has 1 aromatic rings. The van der Waals surface area contributed by atoms with E-state index in [4.69, 9.17) is 16.3 Å². The van der Waals surface area contributed by atoms with Gasteiger partial charge in [0.15, 0.2) is 0 Å². The lowest BCUT2D eigenvalue weighted by atomic mass is 10.2. The van der Waals surface area contributed by atoms with Crippen molar-refractivity contribution >= 4 is 27.5 Å². The molecular weight excluding hydrogens is 366 g/mol. The number of morpholine rings is 1. The second-order valence-electron chi connectivity index (χ2n) is 6.14. The number of nitrogens with zero attached hydrogens (tertiary/aromatic N) is 2. The molecule has 0 aliphatic carbocycles. The van der Waals surface area contributed by atoms with Crippen molar-refractivity contribution in [2.45, 2.75) is 17.9 Å². The Hall–Kier alpha value is -1.19. The molecule has 7 nitrogen and oxygen atoms in total. The van der Waals surface area contributed by atoms with Gasteiger partial charge in [-0.25, -0.2) is 12.7 Å². The quantitative estimate of drug-likeness (QED) is 0.786. The SMILES string of the molecule is CC(CNC(=O)c1cc(S(=O)(=O)N(C)C)ccc1Cl)N1CCOCC1. The highest BCUT2D eigenvalue weighted by Crippen LogP contribution is 2.22. The van der Waals surface area contributed by atoms with E-state index in [1.54, 1.807) is 0 Å². The van der Waals surface area contributed by atoms with Gasteiger partial charge in [0.1, 0.15) is 0 Å². The first-order valence-corrected chi connectivity index (χ1v) is 9.87. The number of carbonyl (C=O) groups excluding carboxylic acids is 1. The van der Waals surface area contributed by atoms with Crippen LogP contribution in [0.2, 0.25) is 5.02 Å². The maximum Gasteiger partial charge on any atom is 0.252 e. The normalized spacial score (nSPS) is 17.5. The summed E-state index contributed by atoms with van der Waals surface area (Å²) in [6.45, 7) is 5.51. The van der Waals surface area contributed by atoms with Crippen LogP contribution in [0.5, 0.6) is 0 Å². The van der Waals surface area contributed by atoms with Crippen molar-refractivity contribution in [3.05, 3.63) is 28.8 Å². The Bertz CT molecular complexity index is 718. The van der Waals surface area contributed by atoms with Gasteiger partial charge in [-0.1, -0.05) is 11.6 Å². The second kappa shape index (κ2) is 8.46.